The van der Waals surface area contributed by atoms with Crippen molar-refractivity contribution in [1.82, 2.24) is 9.80 Å². The Morgan fingerprint density at radius 2 is 1.69 bits per heavy atom. The topological polar surface area (TPSA) is 40.6 Å². The molecule has 0 radical (unpaired) electrons. The lowest BCUT2D eigenvalue weighted by atomic mass is 10.4. The van der Waals surface area contributed by atoms with Gasteiger partial charge in [0.2, 0.25) is 0 Å². The Morgan fingerprint density at radius 3 is 2.15 bits per heavy atom. The molecule has 0 spiro atoms. The van der Waals surface area contributed by atoms with Gasteiger partial charge in [0, 0.05) is 13.1 Å². The molecule has 76 valence electrons. The molecule has 0 aromatic heterocycles. The van der Waals surface area contributed by atoms with Gasteiger partial charge in [-0.25, -0.2) is 0 Å². The van der Waals surface area contributed by atoms with Crippen LogP contribution in [0.5, 0.6) is 0 Å². The molecule has 4 nitrogen and oxygen atoms in total. The van der Waals surface area contributed by atoms with Crippen LogP contribution in [0.1, 0.15) is 6.92 Å². The van der Waals surface area contributed by atoms with E-state index in [1.165, 1.54) is 0 Å². The minimum absolute atomic E-state index is 0.457. The van der Waals surface area contributed by atoms with Crippen LogP contribution in [-0.2, 0) is 9.59 Å². The summed E-state index contributed by atoms with van der Waals surface area (Å²) in [4.78, 5) is 24.3. The third-order valence-electron chi connectivity index (χ3n) is 1.96. The molecule has 0 aromatic carbocycles. The first-order valence-electron chi connectivity index (χ1n) is 4.52. The van der Waals surface area contributed by atoms with E-state index in [1.54, 1.807) is 0 Å². The zero-order valence-electron chi connectivity index (χ0n) is 8.40. The van der Waals surface area contributed by atoms with E-state index in [4.69, 9.17) is 0 Å². The smallest absolute Gasteiger partial charge is 0.133 e. The third-order valence-corrected chi connectivity index (χ3v) is 1.96. The van der Waals surface area contributed by atoms with Crippen LogP contribution in [0.15, 0.2) is 0 Å². The summed E-state index contributed by atoms with van der Waals surface area (Å²) in [5.74, 6) is 0. The van der Waals surface area contributed by atoms with Gasteiger partial charge in [0.05, 0.1) is 13.1 Å². The number of hydrogen-bond acceptors (Lipinski definition) is 4. The monoisotopic (exact) mass is 186 g/mol. The number of carbonyl (C=O) groups excluding carboxylic acids is 2. The lowest BCUT2D eigenvalue weighted by Gasteiger charge is -2.20. The molecular formula is C9H18N2O2. The number of rotatable bonds is 8. The fraction of sp³-hybridized carbons (Fsp3) is 0.778. The number of likely N-dealkylation sites (N-methyl/N-ethyl adjacent to an activating group) is 2. The van der Waals surface area contributed by atoms with Crippen LogP contribution in [0.2, 0.25) is 0 Å². The van der Waals surface area contributed by atoms with Gasteiger partial charge in [-0.15, -0.1) is 0 Å². The maximum absolute atomic E-state index is 10.2. The van der Waals surface area contributed by atoms with Gasteiger partial charge in [-0.05, 0) is 13.6 Å². The highest BCUT2D eigenvalue weighted by atomic mass is 16.1. The van der Waals surface area contributed by atoms with E-state index < -0.39 is 0 Å². The molecular weight excluding hydrogens is 168 g/mol. The van der Waals surface area contributed by atoms with Gasteiger partial charge in [-0.1, -0.05) is 6.92 Å². The van der Waals surface area contributed by atoms with Crippen LogP contribution >= 0.6 is 0 Å². The first-order chi connectivity index (χ1) is 6.24. The number of carbonyl (C=O) groups is 2. The summed E-state index contributed by atoms with van der Waals surface area (Å²) in [7, 11) is 1.89. The molecule has 0 rings (SSSR count). The molecule has 0 aromatic rings. The molecule has 0 N–H and O–H groups in total. The van der Waals surface area contributed by atoms with E-state index in [0.29, 0.717) is 13.1 Å². The second kappa shape index (κ2) is 7.89. The van der Waals surface area contributed by atoms with E-state index in [9.17, 15) is 9.59 Å². The molecule has 0 unspecified atom stereocenters. The number of aldehydes is 2. The van der Waals surface area contributed by atoms with Crippen molar-refractivity contribution in [1.29, 1.82) is 0 Å². The van der Waals surface area contributed by atoms with Crippen molar-refractivity contribution in [2.45, 2.75) is 6.92 Å². The molecule has 4 heteroatoms. The highest BCUT2D eigenvalue weighted by Gasteiger charge is 2.02. The molecule has 0 saturated heterocycles. The molecule has 0 heterocycles. The summed E-state index contributed by atoms with van der Waals surface area (Å²) in [6.45, 7) is 5.47. The van der Waals surface area contributed by atoms with E-state index in [1.807, 2.05) is 23.8 Å². The van der Waals surface area contributed by atoms with E-state index in [2.05, 4.69) is 0 Å². The molecule has 0 atom stereocenters. The van der Waals surface area contributed by atoms with Crippen LogP contribution in [0.3, 0.4) is 0 Å². The van der Waals surface area contributed by atoms with Crippen molar-refractivity contribution >= 4 is 12.6 Å². The first kappa shape index (κ1) is 12.3. The van der Waals surface area contributed by atoms with Crippen molar-refractivity contribution in [2.24, 2.45) is 0 Å². The lowest BCUT2D eigenvalue weighted by molar-refractivity contribution is -0.110. The fourth-order valence-electron chi connectivity index (χ4n) is 1.01. The van der Waals surface area contributed by atoms with Crippen LogP contribution in [-0.4, -0.2) is 62.1 Å². The van der Waals surface area contributed by atoms with Gasteiger partial charge in [0.15, 0.2) is 0 Å². The van der Waals surface area contributed by atoms with Gasteiger partial charge in [-0.3, -0.25) is 9.80 Å². The highest BCUT2D eigenvalue weighted by molar-refractivity contribution is 5.52. The average Bonchev–Trinajstić information content (AvgIpc) is 2.12. The van der Waals surface area contributed by atoms with E-state index in [-0.39, 0.29) is 0 Å². The predicted octanol–water partition coefficient (Wildman–Crippen LogP) is -0.362. The van der Waals surface area contributed by atoms with Gasteiger partial charge < -0.3 is 9.59 Å². The van der Waals surface area contributed by atoms with Crippen LogP contribution in [0, 0.1) is 0 Å². The molecule has 0 saturated carbocycles. The Balaban J connectivity index is 3.57. The Kier molecular flexibility index (Phi) is 7.44. The summed E-state index contributed by atoms with van der Waals surface area (Å²) in [5, 5.41) is 0. The second-order valence-corrected chi connectivity index (χ2v) is 2.99. The second-order valence-electron chi connectivity index (χ2n) is 2.99. The van der Waals surface area contributed by atoms with Gasteiger partial charge in [0.25, 0.3) is 0 Å². The van der Waals surface area contributed by atoms with Crippen LogP contribution < -0.4 is 0 Å². The fourth-order valence-corrected chi connectivity index (χ4v) is 1.01. The zero-order chi connectivity index (χ0) is 10.1. The molecule has 0 amide bonds. The number of nitrogens with zero attached hydrogens (tertiary/aromatic N) is 2. The van der Waals surface area contributed by atoms with Crippen molar-refractivity contribution < 1.29 is 9.59 Å². The van der Waals surface area contributed by atoms with Crippen LogP contribution in [0.25, 0.3) is 0 Å². The minimum atomic E-state index is 0.457. The quantitative estimate of drug-likeness (QED) is 0.485. The predicted molar refractivity (Wildman–Crippen MR) is 51.7 cm³/mol. The molecule has 13 heavy (non-hydrogen) atoms. The van der Waals surface area contributed by atoms with Gasteiger partial charge in [-0.2, -0.15) is 0 Å². The Morgan fingerprint density at radius 1 is 1.08 bits per heavy atom. The molecule has 0 bridgehead atoms. The maximum atomic E-state index is 10.2. The van der Waals surface area contributed by atoms with Crippen molar-refractivity contribution in [2.75, 3.05) is 39.8 Å². The van der Waals surface area contributed by atoms with Gasteiger partial charge >= 0.3 is 0 Å². The first-order valence-corrected chi connectivity index (χ1v) is 4.52. The third kappa shape index (κ3) is 6.42. The van der Waals surface area contributed by atoms with E-state index in [0.717, 1.165) is 32.2 Å². The summed E-state index contributed by atoms with van der Waals surface area (Å²) < 4.78 is 0. The Bertz CT molecular complexity index is 151. The normalized spacial score (nSPS) is 10.8. The summed E-state index contributed by atoms with van der Waals surface area (Å²) >= 11 is 0. The number of hydrogen-bond donors (Lipinski definition) is 0. The Labute approximate surface area is 79.5 Å². The molecule has 0 aliphatic heterocycles. The summed E-state index contributed by atoms with van der Waals surface area (Å²) in [5.41, 5.74) is 0. The van der Waals surface area contributed by atoms with Crippen molar-refractivity contribution in [3.63, 3.8) is 0 Å². The highest BCUT2D eigenvalue weighted by Crippen LogP contribution is 1.87. The largest absolute Gasteiger partial charge is 0.302 e. The zero-order valence-corrected chi connectivity index (χ0v) is 8.40. The molecule has 0 aliphatic rings. The minimum Gasteiger partial charge on any atom is -0.302 e. The van der Waals surface area contributed by atoms with Crippen molar-refractivity contribution in [3.8, 4) is 0 Å². The SMILES string of the molecule is CCN(CC=O)CCN(C)CC=O. The van der Waals surface area contributed by atoms with E-state index >= 15 is 0 Å². The lowest BCUT2D eigenvalue weighted by Crippen LogP contribution is -2.34. The molecule has 0 aliphatic carbocycles. The van der Waals surface area contributed by atoms with Gasteiger partial charge in [0.1, 0.15) is 12.6 Å². The van der Waals surface area contributed by atoms with Crippen molar-refractivity contribution in [3.05, 3.63) is 0 Å². The average molecular weight is 186 g/mol. The maximum Gasteiger partial charge on any atom is 0.133 e. The molecule has 0 fully saturated rings. The summed E-state index contributed by atoms with van der Waals surface area (Å²) in [6.07, 6.45) is 1.79. The standard InChI is InChI=1S/C9H18N2O2/c1-3-11(7-9-13)5-4-10(2)6-8-12/h8-9H,3-7H2,1-2H3. The summed E-state index contributed by atoms with van der Waals surface area (Å²) in [6, 6.07) is 0. The Hall–Kier alpha value is -0.740. The van der Waals surface area contributed by atoms with Crippen LogP contribution in [0.4, 0.5) is 0 Å².